The second-order valence-corrected chi connectivity index (χ2v) is 4.65. The van der Waals surface area contributed by atoms with Crippen LogP contribution in [0, 0.1) is 0 Å². The summed E-state index contributed by atoms with van der Waals surface area (Å²) in [7, 11) is 1.61. The molecule has 1 N–H and O–H groups in total. The SMILES string of the molecule is CCCNC(=O)c1cc(Br)ccc1OCCOC. The highest BCUT2D eigenvalue weighted by Crippen LogP contribution is 2.23. The van der Waals surface area contributed by atoms with Crippen molar-refractivity contribution in [1.29, 1.82) is 0 Å². The van der Waals surface area contributed by atoms with E-state index in [1.54, 1.807) is 19.2 Å². The lowest BCUT2D eigenvalue weighted by molar-refractivity contribution is 0.0946. The van der Waals surface area contributed by atoms with Crippen LogP contribution in [-0.4, -0.2) is 32.8 Å². The minimum absolute atomic E-state index is 0.120. The lowest BCUT2D eigenvalue weighted by atomic mass is 10.2. The molecule has 0 radical (unpaired) electrons. The van der Waals surface area contributed by atoms with Gasteiger partial charge in [-0.25, -0.2) is 0 Å². The molecular weight excluding hydrogens is 298 g/mol. The second kappa shape index (κ2) is 8.11. The smallest absolute Gasteiger partial charge is 0.255 e. The first kappa shape index (κ1) is 15.0. The summed E-state index contributed by atoms with van der Waals surface area (Å²) in [6.07, 6.45) is 0.902. The van der Waals surface area contributed by atoms with Gasteiger partial charge >= 0.3 is 0 Å². The van der Waals surface area contributed by atoms with Gasteiger partial charge in [0, 0.05) is 18.1 Å². The van der Waals surface area contributed by atoms with Gasteiger partial charge in [-0.05, 0) is 24.6 Å². The third-order valence-electron chi connectivity index (χ3n) is 2.27. The molecule has 0 atom stereocenters. The average molecular weight is 316 g/mol. The molecule has 1 aromatic rings. The summed E-state index contributed by atoms with van der Waals surface area (Å²) in [5.41, 5.74) is 0.536. The predicted octanol–water partition coefficient (Wildman–Crippen LogP) is 2.61. The van der Waals surface area contributed by atoms with E-state index in [-0.39, 0.29) is 5.91 Å². The monoisotopic (exact) mass is 315 g/mol. The Kier molecular flexibility index (Phi) is 6.75. The highest BCUT2D eigenvalue weighted by molar-refractivity contribution is 9.10. The molecule has 1 aromatic carbocycles. The third-order valence-corrected chi connectivity index (χ3v) is 2.76. The minimum Gasteiger partial charge on any atom is -0.490 e. The molecule has 0 heterocycles. The molecule has 0 fully saturated rings. The van der Waals surface area contributed by atoms with Crippen molar-refractivity contribution < 1.29 is 14.3 Å². The Bertz CT molecular complexity index is 396. The standard InChI is InChI=1S/C13H18BrNO3/c1-3-6-15-13(16)11-9-10(14)4-5-12(11)18-8-7-17-2/h4-5,9H,3,6-8H2,1-2H3,(H,15,16). The number of rotatable bonds is 7. The zero-order valence-electron chi connectivity index (χ0n) is 10.7. The summed E-state index contributed by atoms with van der Waals surface area (Å²) < 4.78 is 11.3. The van der Waals surface area contributed by atoms with Crippen molar-refractivity contribution in [2.24, 2.45) is 0 Å². The molecule has 0 aromatic heterocycles. The summed E-state index contributed by atoms with van der Waals surface area (Å²) in [5.74, 6) is 0.453. The quantitative estimate of drug-likeness (QED) is 0.787. The summed E-state index contributed by atoms with van der Waals surface area (Å²) in [6.45, 7) is 3.58. The Hall–Kier alpha value is -1.07. The van der Waals surface area contributed by atoms with Gasteiger partial charge in [0.05, 0.1) is 12.2 Å². The number of amides is 1. The molecule has 0 aliphatic rings. The number of carbonyl (C=O) groups excluding carboxylic acids is 1. The fraction of sp³-hybridized carbons (Fsp3) is 0.462. The van der Waals surface area contributed by atoms with Gasteiger partial charge in [-0.15, -0.1) is 0 Å². The van der Waals surface area contributed by atoms with E-state index >= 15 is 0 Å². The Morgan fingerprint density at radius 1 is 1.39 bits per heavy atom. The van der Waals surface area contributed by atoms with E-state index in [1.165, 1.54) is 0 Å². The van der Waals surface area contributed by atoms with E-state index in [0.717, 1.165) is 10.9 Å². The van der Waals surface area contributed by atoms with Gasteiger partial charge < -0.3 is 14.8 Å². The molecule has 0 spiro atoms. The van der Waals surface area contributed by atoms with Crippen molar-refractivity contribution in [3.63, 3.8) is 0 Å². The van der Waals surface area contributed by atoms with Crippen LogP contribution in [0.2, 0.25) is 0 Å². The van der Waals surface area contributed by atoms with Crippen LogP contribution in [0.1, 0.15) is 23.7 Å². The van der Waals surface area contributed by atoms with Gasteiger partial charge in [0.25, 0.3) is 5.91 Å². The fourth-order valence-corrected chi connectivity index (χ4v) is 1.74. The van der Waals surface area contributed by atoms with Crippen molar-refractivity contribution in [3.8, 4) is 5.75 Å². The van der Waals surface area contributed by atoms with Gasteiger partial charge in [-0.2, -0.15) is 0 Å². The summed E-state index contributed by atoms with van der Waals surface area (Å²) in [5, 5.41) is 2.84. The number of carbonyl (C=O) groups is 1. The maximum atomic E-state index is 12.0. The molecule has 0 aliphatic heterocycles. The molecule has 100 valence electrons. The van der Waals surface area contributed by atoms with Crippen molar-refractivity contribution in [2.75, 3.05) is 26.9 Å². The van der Waals surface area contributed by atoms with Crippen LogP contribution in [0.25, 0.3) is 0 Å². The lowest BCUT2D eigenvalue weighted by Crippen LogP contribution is -2.24. The van der Waals surface area contributed by atoms with Crippen LogP contribution < -0.4 is 10.1 Å². The Labute approximate surface area is 116 Å². The van der Waals surface area contributed by atoms with Crippen LogP contribution in [0.3, 0.4) is 0 Å². The van der Waals surface area contributed by atoms with Crippen LogP contribution in [0.5, 0.6) is 5.75 Å². The number of nitrogens with one attached hydrogen (secondary N) is 1. The number of halogens is 1. The van der Waals surface area contributed by atoms with E-state index in [0.29, 0.717) is 31.1 Å². The average Bonchev–Trinajstić information content (AvgIpc) is 2.38. The number of hydrogen-bond acceptors (Lipinski definition) is 3. The van der Waals surface area contributed by atoms with E-state index in [9.17, 15) is 4.79 Å². The first-order valence-corrected chi connectivity index (χ1v) is 6.67. The van der Waals surface area contributed by atoms with Gasteiger partial charge in [-0.3, -0.25) is 4.79 Å². The molecule has 0 unspecified atom stereocenters. The lowest BCUT2D eigenvalue weighted by Gasteiger charge is -2.11. The van der Waals surface area contributed by atoms with Gasteiger partial charge in [0.2, 0.25) is 0 Å². The molecule has 1 rings (SSSR count). The zero-order chi connectivity index (χ0) is 13.4. The molecule has 18 heavy (non-hydrogen) atoms. The molecule has 0 aliphatic carbocycles. The van der Waals surface area contributed by atoms with Crippen molar-refractivity contribution in [3.05, 3.63) is 28.2 Å². The Morgan fingerprint density at radius 2 is 2.17 bits per heavy atom. The van der Waals surface area contributed by atoms with E-state index in [4.69, 9.17) is 9.47 Å². The maximum Gasteiger partial charge on any atom is 0.255 e. The maximum absolute atomic E-state index is 12.0. The number of hydrogen-bond donors (Lipinski definition) is 1. The number of ether oxygens (including phenoxy) is 2. The van der Waals surface area contributed by atoms with Crippen molar-refractivity contribution in [2.45, 2.75) is 13.3 Å². The molecule has 5 heteroatoms. The van der Waals surface area contributed by atoms with Crippen LogP contribution in [0.15, 0.2) is 22.7 Å². The molecule has 0 bridgehead atoms. The molecule has 0 saturated carbocycles. The zero-order valence-corrected chi connectivity index (χ0v) is 12.2. The normalized spacial score (nSPS) is 10.2. The van der Waals surface area contributed by atoms with E-state index in [2.05, 4.69) is 21.2 Å². The van der Waals surface area contributed by atoms with Gasteiger partial charge in [-0.1, -0.05) is 22.9 Å². The third kappa shape index (κ3) is 4.66. The Balaban J connectivity index is 2.78. The molecule has 1 amide bonds. The molecular formula is C13H18BrNO3. The van der Waals surface area contributed by atoms with E-state index < -0.39 is 0 Å². The summed E-state index contributed by atoms with van der Waals surface area (Å²) in [6, 6.07) is 5.38. The molecule has 0 saturated heterocycles. The first-order chi connectivity index (χ1) is 8.69. The van der Waals surface area contributed by atoms with Crippen molar-refractivity contribution >= 4 is 21.8 Å². The number of benzene rings is 1. The van der Waals surface area contributed by atoms with Gasteiger partial charge in [0.1, 0.15) is 12.4 Å². The second-order valence-electron chi connectivity index (χ2n) is 3.74. The van der Waals surface area contributed by atoms with Crippen molar-refractivity contribution in [1.82, 2.24) is 5.32 Å². The topological polar surface area (TPSA) is 47.6 Å². The Morgan fingerprint density at radius 3 is 2.83 bits per heavy atom. The summed E-state index contributed by atoms with van der Waals surface area (Å²) >= 11 is 3.35. The molecule has 4 nitrogen and oxygen atoms in total. The van der Waals surface area contributed by atoms with E-state index in [1.807, 2.05) is 13.0 Å². The first-order valence-electron chi connectivity index (χ1n) is 5.88. The number of methoxy groups -OCH3 is 1. The predicted molar refractivity (Wildman–Crippen MR) is 74.1 cm³/mol. The van der Waals surface area contributed by atoms with Crippen LogP contribution in [0.4, 0.5) is 0 Å². The van der Waals surface area contributed by atoms with Gasteiger partial charge in [0.15, 0.2) is 0 Å². The highest BCUT2D eigenvalue weighted by atomic mass is 79.9. The summed E-state index contributed by atoms with van der Waals surface area (Å²) in [4.78, 5) is 12.0. The van der Waals surface area contributed by atoms with Crippen LogP contribution >= 0.6 is 15.9 Å². The van der Waals surface area contributed by atoms with Crippen LogP contribution in [-0.2, 0) is 4.74 Å². The fourth-order valence-electron chi connectivity index (χ4n) is 1.37. The largest absolute Gasteiger partial charge is 0.490 e. The highest BCUT2D eigenvalue weighted by Gasteiger charge is 2.12. The minimum atomic E-state index is -0.120.